The number of carbonyl (C=O) groups excluding carboxylic acids is 1. The van der Waals surface area contributed by atoms with Gasteiger partial charge in [0.05, 0.1) is 23.2 Å². The van der Waals surface area contributed by atoms with Crippen LogP contribution in [0.3, 0.4) is 0 Å². The summed E-state index contributed by atoms with van der Waals surface area (Å²) in [5.74, 6) is 0.452. The van der Waals surface area contributed by atoms with E-state index in [-0.39, 0.29) is 5.91 Å². The third-order valence-electron chi connectivity index (χ3n) is 4.20. The largest absolute Gasteiger partial charge is 0.619 e. The third-order valence-corrected chi connectivity index (χ3v) is 5.22. The summed E-state index contributed by atoms with van der Waals surface area (Å²) in [6, 6.07) is 14.3. The molecule has 0 aliphatic carbocycles. The molecule has 4 rings (SSSR count). The van der Waals surface area contributed by atoms with E-state index in [4.69, 9.17) is 4.74 Å². The Morgan fingerprint density at radius 2 is 1.86 bits per heavy atom. The summed E-state index contributed by atoms with van der Waals surface area (Å²) in [5.41, 5.74) is 2.87. The number of hydrogen-bond acceptors (Lipinski definition) is 6. The topological polar surface area (TPSA) is 91.0 Å². The Bertz CT molecular complexity index is 1130. The van der Waals surface area contributed by atoms with Crippen LogP contribution < -0.4 is 14.8 Å². The lowest BCUT2D eigenvalue weighted by molar-refractivity contribution is -0.605. The lowest BCUT2D eigenvalue weighted by atomic mass is 10.1. The Morgan fingerprint density at radius 1 is 1.10 bits per heavy atom. The van der Waals surface area contributed by atoms with Crippen LogP contribution in [0, 0.1) is 5.21 Å². The van der Waals surface area contributed by atoms with Gasteiger partial charge in [0.25, 0.3) is 5.91 Å². The van der Waals surface area contributed by atoms with Gasteiger partial charge in [0.1, 0.15) is 5.75 Å². The van der Waals surface area contributed by atoms with Gasteiger partial charge in [0.15, 0.2) is 17.5 Å². The van der Waals surface area contributed by atoms with Gasteiger partial charge in [-0.1, -0.05) is 11.3 Å². The molecule has 3 heterocycles. The lowest BCUT2D eigenvalue weighted by Crippen LogP contribution is -2.23. The number of rotatable bonds is 5. The summed E-state index contributed by atoms with van der Waals surface area (Å²) in [6.07, 6.45) is 5.97. The van der Waals surface area contributed by atoms with Crippen LogP contribution in [0.1, 0.15) is 10.4 Å². The van der Waals surface area contributed by atoms with E-state index in [1.54, 1.807) is 37.6 Å². The second kappa shape index (κ2) is 8.07. The molecule has 144 valence electrons. The highest BCUT2D eigenvalue weighted by Gasteiger charge is 2.18. The highest BCUT2D eigenvalue weighted by atomic mass is 32.1. The summed E-state index contributed by atoms with van der Waals surface area (Å²) < 4.78 is 5.95. The molecule has 7 nitrogen and oxygen atoms in total. The molecule has 3 aromatic heterocycles. The highest BCUT2D eigenvalue weighted by molar-refractivity contribution is 7.19. The monoisotopic (exact) mass is 404 g/mol. The van der Waals surface area contributed by atoms with Gasteiger partial charge in [0.2, 0.25) is 0 Å². The average Bonchev–Trinajstić information content (AvgIpc) is 3.18. The van der Waals surface area contributed by atoms with Crippen molar-refractivity contribution in [3.8, 4) is 27.4 Å². The first-order chi connectivity index (χ1) is 14.1. The molecular formula is C21H16N4O3S. The van der Waals surface area contributed by atoms with Gasteiger partial charge in [-0.25, -0.2) is 4.98 Å². The molecule has 0 saturated heterocycles. The minimum absolute atomic E-state index is 0.287. The molecule has 0 fully saturated rings. The molecule has 0 bridgehead atoms. The maximum absolute atomic E-state index is 12.5. The van der Waals surface area contributed by atoms with E-state index in [1.807, 2.05) is 24.3 Å². The van der Waals surface area contributed by atoms with Gasteiger partial charge in [-0.2, -0.15) is 4.73 Å². The van der Waals surface area contributed by atoms with Gasteiger partial charge < -0.3 is 9.94 Å². The number of nitrogens with one attached hydrogen (secondary N) is 1. The van der Waals surface area contributed by atoms with Crippen molar-refractivity contribution in [3.63, 3.8) is 0 Å². The lowest BCUT2D eigenvalue weighted by Gasteiger charge is -2.04. The second-order valence-corrected chi connectivity index (χ2v) is 7.07. The summed E-state index contributed by atoms with van der Waals surface area (Å²) in [7, 11) is 1.61. The van der Waals surface area contributed by atoms with E-state index in [9.17, 15) is 10.0 Å². The zero-order valence-corrected chi connectivity index (χ0v) is 16.2. The number of aromatic nitrogens is 3. The van der Waals surface area contributed by atoms with E-state index in [2.05, 4.69) is 15.3 Å². The van der Waals surface area contributed by atoms with Crippen LogP contribution in [-0.4, -0.2) is 23.0 Å². The van der Waals surface area contributed by atoms with E-state index in [0.29, 0.717) is 16.4 Å². The van der Waals surface area contributed by atoms with Gasteiger partial charge in [-0.05, 0) is 36.4 Å². The fraction of sp³-hybridized carbons (Fsp3) is 0.0476. The fourth-order valence-corrected chi connectivity index (χ4v) is 3.73. The summed E-state index contributed by atoms with van der Waals surface area (Å²) in [6.45, 7) is 0. The Balaban J connectivity index is 1.73. The van der Waals surface area contributed by atoms with Crippen molar-refractivity contribution < 1.29 is 14.3 Å². The Morgan fingerprint density at radius 3 is 2.52 bits per heavy atom. The predicted molar refractivity (Wildman–Crippen MR) is 111 cm³/mol. The van der Waals surface area contributed by atoms with Crippen molar-refractivity contribution in [3.05, 3.63) is 84.1 Å². The fourth-order valence-electron chi connectivity index (χ4n) is 2.74. The first-order valence-electron chi connectivity index (χ1n) is 8.70. The second-order valence-electron chi connectivity index (χ2n) is 6.07. The molecule has 0 spiro atoms. The Hall–Kier alpha value is -3.78. The van der Waals surface area contributed by atoms with Crippen molar-refractivity contribution in [2.75, 3.05) is 12.4 Å². The standard InChI is InChI=1S/C21H16N4O3S/c1-28-17-6-4-14(5-7-17)18-19(15-8-11-25(27)12-9-15)29-21(23-18)24-20(26)16-3-2-10-22-13-16/h2-13H,1H3,(H,23,24,26). The normalized spacial score (nSPS) is 10.5. The number of anilines is 1. The summed E-state index contributed by atoms with van der Waals surface area (Å²) in [4.78, 5) is 21.9. The zero-order valence-electron chi connectivity index (χ0n) is 15.4. The summed E-state index contributed by atoms with van der Waals surface area (Å²) in [5, 5.41) is 14.7. The minimum Gasteiger partial charge on any atom is -0.619 e. The number of amides is 1. The summed E-state index contributed by atoms with van der Waals surface area (Å²) >= 11 is 1.34. The SMILES string of the molecule is COc1ccc(-c2nc(NC(=O)c3cccnc3)sc2-c2cc[n+]([O-])cc2)cc1. The average molecular weight is 404 g/mol. The number of nitrogens with zero attached hydrogens (tertiary/aromatic N) is 3. The number of methoxy groups -OCH3 is 1. The highest BCUT2D eigenvalue weighted by Crippen LogP contribution is 2.39. The van der Waals surface area contributed by atoms with E-state index in [0.717, 1.165) is 26.5 Å². The smallest absolute Gasteiger partial charge is 0.259 e. The molecule has 8 heteroatoms. The van der Waals surface area contributed by atoms with Gasteiger partial charge in [-0.3, -0.25) is 15.1 Å². The number of thiazole rings is 1. The Labute approximate surface area is 170 Å². The minimum atomic E-state index is -0.287. The van der Waals surface area contributed by atoms with Crippen LogP contribution in [0.15, 0.2) is 73.3 Å². The number of carbonyl (C=O) groups is 1. The van der Waals surface area contributed by atoms with Crippen LogP contribution in [0.25, 0.3) is 21.7 Å². The molecule has 0 unspecified atom stereocenters. The maximum Gasteiger partial charge on any atom is 0.259 e. The number of benzene rings is 1. The Kier molecular flexibility index (Phi) is 5.17. The molecule has 0 atom stereocenters. The van der Waals surface area contributed by atoms with Crippen molar-refractivity contribution in [1.29, 1.82) is 0 Å². The van der Waals surface area contributed by atoms with E-state index < -0.39 is 0 Å². The zero-order chi connectivity index (χ0) is 20.2. The van der Waals surface area contributed by atoms with Crippen molar-refractivity contribution in [2.45, 2.75) is 0 Å². The van der Waals surface area contributed by atoms with Crippen LogP contribution in [0.4, 0.5) is 5.13 Å². The quantitative estimate of drug-likeness (QED) is 0.404. The van der Waals surface area contributed by atoms with Crippen molar-refractivity contribution in [1.82, 2.24) is 9.97 Å². The van der Waals surface area contributed by atoms with E-state index >= 15 is 0 Å². The molecule has 1 amide bonds. The number of pyridine rings is 2. The van der Waals surface area contributed by atoms with Gasteiger partial charge in [0, 0.05) is 35.7 Å². The van der Waals surface area contributed by atoms with Gasteiger partial charge >= 0.3 is 0 Å². The molecule has 1 N–H and O–H groups in total. The van der Waals surface area contributed by atoms with Crippen molar-refractivity contribution in [2.24, 2.45) is 0 Å². The molecule has 1 aromatic carbocycles. The maximum atomic E-state index is 12.5. The molecule has 0 aliphatic rings. The van der Waals surface area contributed by atoms with Crippen LogP contribution >= 0.6 is 11.3 Å². The molecule has 0 saturated carbocycles. The third kappa shape index (κ3) is 4.07. The molecular weight excluding hydrogens is 388 g/mol. The number of ether oxygens (including phenoxy) is 1. The molecule has 29 heavy (non-hydrogen) atoms. The van der Waals surface area contributed by atoms with Gasteiger partial charge in [-0.15, -0.1) is 0 Å². The van der Waals surface area contributed by atoms with Crippen LogP contribution in [-0.2, 0) is 0 Å². The number of hydrogen-bond donors (Lipinski definition) is 1. The molecule has 0 aliphatic heterocycles. The first kappa shape index (κ1) is 18.6. The molecule has 0 radical (unpaired) electrons. The predicted octanol–water partition coefficient (Wildman–Crippen LogP) is 3.77. The van der Waals surface area contributed by atoms with Crippen LogP contribution in [0.5, 0.6) is 5.75 Å². The van der Waals surface area contributed by atoms with Crippen molar-refractivity contribution >= 4 is 22.4 Å². The first-order valence-corrected chi connectivity index (χ1v) is 9.51. The van der Waals surface area contributed by atoms with Crippen LogP contribution in [0.2, 0.25) is 0 Å². The molecule has 4 aromatic rings. The van der Waals surface area contributed by atoms with E-state index in [1.165, 1.54) is 29.9 Å².